The van der Waals surface area contributed by atoms with Crippen molar-refractivity contribution in [3.63, 3.8) is 0 Å². The van der Waals surface area contributed by atoms with E-state index in [0.717, 1.165) is 22.3 Å². The highest BCUT2D eigenvalue weighted by atomic mass is 32.1. The minimum atomic E-state index is -0.617. The minimum absolute atomic E-state index is 0.142. The number of aryl methyl sites for hydroxylation is 2. The second kappa shape index (κ2) is 8.71. The zero-order valence-corrected chi connectivity index (χ0v) is 18.3. The molecule has 158 valence electrons. The number of benzene rings is 1. The maximum absolute atomic E-state index is 13.0. The average molecular weight is 429 g/mol. The maximum Gasteiger partial charge on any atom is 0.348 e. The number of fused-ring (bicyclic) bond motifs is 1. The van der Waals surface area contributed by atoms with Gasteiger partial charge in [0.2, 0.25) is 0 Å². The summed E-state index contributed by atoms with van der Waals surface area (Å²) in [7, 11) is 0. The molecule has 0 aliphatic rings. The molecule has 0 aliphatic heterocycles. The number of ether oxygens (including phenoxy) is 2. The van der Waals surface area contributed by atoms with Gasteiger partial charge in [-0.15, -0.1) is 11.3 Å². The fraction of sp³-hybridized carbons (Fsp3) is 0.318. The molecular formula is C22H23NO6S. The van der Waals surface area contributed by atoms with Crippen molar-refractivity contribution in [2.75, 3.05) is 18.5 Å². The Hall–Kier alpha value is -3.13. The summed E-state index contributed by atoms with van der Waals surface area (Å²) in [4.78, 5) is 38.0. The van der Waals surface area contributed by atoms with Crippen LogP contribution in [0.15, 0.2) is 22.6 Å². The molecule has 0 unspecified atom stereocenters. The van der Waals surface area contributed by atoms with Crippen molar-refractivity contribution in [3.05, 3.63) is 51.1 Å². The van der Waals surface area contributed by atoms with Crippen LogP contribution in [0, 0.1) is 20.8 Å². The van der Waals surface area contributed by atoms with Gasteiger partial charge in [0.15, 0.2) is 5.76 Å². The predicted molar refractivity (Wildman–Crippen MR) is 115 cm³/mol. The van der Waals surface area contributed by atoms with Crippen LogP contribution in [0.3, 0.4) is 0 Å². The van der Waals surface area contributed by atoms with E-state index < -0.39 is 17.8 Å². The van der Waals surface area contributed by atoms with E-state index in [-0.39, 0.29) is 34.4 Å². The van der Waals surface area contributed by atoms with E-state index in [1.807, 2.05) is 25.1 Å². The third kappa shape index (κ3) is 3.95. The molecule has 0 spiro atoms. The lowest BCUT2D eigenvalue weighted by atomic mass is 10.1. The summed E-state index contributed by atoms with van der Waals surface area (Å²) in [5.74, 6) is -1.53. The van der Waals surface area contributed by atoms with Gasteiger partial charge in [0.05, 0.1) is 18.8 Å². The van der Waals surface area contributed by atoms with Gasteiger partial charge in [-0.1, -0.05) is 11.6 Å². The van der Waals surface area contributed by atoms with Crippen LogP contribution in [0.2, 0.25) is 0 Å². The van der Waals surface area contributed by atoms with E-state index in [4.69, 9.17) is 13.9 Å². The van der Waals surface area contributed by atoms with Crippen molar-refractivity contribution in [1.82, 2.24) is 0 Å². The molecule has 2 aromatic heterocycles. The highest BCUT2D eigenvalue weighted by Crippen LogP contribution is 2.35. The number of rotatable bonds is 6. The van der Waals surface area contributed by atoms with Crippen LogP contribution in [0.1, 0.15) is 61.1 Å². The molecule has 0 saturated carbocycles. The Morgan fingerprint density at radius 3 is 2.33 bits per heavy atom. The smallest absolute Gasteiger partial charge is 0.348 e. The van der Waals surface area contributed by atoms with Crippen LogP contribution in [0.4, 0.5) is 5.00 Å². The summed E-state index contributed by atoms with van der Waals surface area (Å²) in [6.07, 6.45) is 0. The van der Waals surface area contributed by atoms with Gasteiger partial charge in [-0.05, 0) is 52.3 Å². The Kier molecular flexibility index (Phi) is 6.26. The number of carbonyl (C=O) groups is 3. The van der Waals surface area contributed by atoms with Gasteiger partial charge in [0.25, 0.3) is 5.91 Å². The third-order valence-corrected chi connectivity index (χ3v) is 5.80. The number of anilines is 1. The molecule has 1 amide bonds. The Morgan fingerprint density at radius 2 is 1.67 bits per heavy atom. The van der Waals surface area contributed by atoms with Gasteiger partial charge >= 0.3 is 11.9 Å². The van der Waals surface area contributed by atoms with Crippen molar-refractivity contribution in [2.45, 2.75) is 34.6 Å². The summed E-state index contributed by atoms with van der Waals surface area (Å²) in [5, 5.41) is 3.78. The van der Waals surface area contributed by atoms with Crippen LogP contribution in [-0.2, 0) is 9.47 Å². The Balaban J connectivity index is 2.01. The van der Waals surface area contributed by atoms with Gasteiger partial charge in [0.1, 0.15) is 15.5 Å². The van der Waals surface area contributed by atoms with E-state index in [2.05, 4.69) is 5.32 Å². The van der Waals surface area contributed by atoms with Gasteiger partial charge in [-0.3, -0.25) is 4.79 Å². The van der Waals surface area contributed by atoms with Crippen molar-refractivity contribution >= 4 is 45.2 Å². The number of hydrogen-bond acceptors (Lipinski definition) is 7. The summed E-state index contributed by atoms with van der Waals surface area (Å²) in [6.45, 7) is 9.13. The first kappa shape index (κ1) is 21.6. The first-order valence-electron chi connectivity index (χ1n) is 9.57. The number of nitrogens with one attached hydrogen (secondary N) is 1. The van der Waals surface area contributed by atoms with E-state index >= 15 is 0 Å². The lowest BCUT2D eigenvalue weighted by molar-refractivity contribution is 0.0527. The quantitative estimate of drug-likeness (QED) is 0.553. The number of amides is 1. The largest absolute Gasteiger partial charge is 0.462 e. The Morgan fingerprint density at radius 1 is 1.00 bits per heavy atom. The number of furan rings is 1. The zero-order chi connectivity index (χ0) is 22.0. The van der Waals surface area contributed by atoms with E-state index in [1.54, 1.807) is 27.7 Å². The van der Waals surface area contributed by atoms with Crippen molar-refractivity contribution in [3.8, 4) is 0 Å². The van der Waals surface area contributed by atoms with Crippen molar-refractivity contribution in [2.24, 2.45) is 0 Å². The molecule has 0 fully saturated rings. The number of hydrogen-bond donors (Lipinski definition) is 1. The van der Waals surface area contributed by atoms with Gasteiger partial charge in [-0.2, -0.15) is 0 Å². The Labute approximate surface area is 178 Å². The van der Waals surface area contributed by atoms with Gasteiger partial charge < -0.3 is 19.2 Å². The normalized spacial score (nSPS) is 10.8. The van der Waals surface area contributed by atoms with Gasteiger partial charge in [0, 0.05) is 10.9 Å². The molecule has 1 N–H and O–H groups in total. The van der Waals surface area contributed by atoms with Crippen LogP contribution < -0.4 is 5.32 Å². The Bertz CT molecular complexity index is 1140. The number of thiophene rings is 1. The molecule has 1 aromatic carbocycles. The molecule has 7 nitrogen and oxygen atoms in total. The molecule has 0 saturated heterocycles. The molecule has 3 rings (SSSR count). The van der Waals surface area contributed by atoms with E-state index in [0.29, 0.717) is 16.7 Å². The summed E-state index contributed by atoms with van der Waals surface area (Å²) in [5.41, 5.74) is 2.90. The highest BCUT2D eigenvalue weighted by molar-refractivity contribution is 7.18. The topological polar surface area (TPSA) is 94.8 Å². The fourth-order valence-corrected chi connectivity index (χ4v) is 4.24. The first-order valence-corrected chi connectivity index (χ1v) is 10.4. The van der Waals surface area contributed by atoms with Crippen LogP contribution >= 0.6 is 11.3 Å². The summed E-state index contributed by atoms with van der Waals surface area (Å²) >= 11 is 0.978. The summed E-state index contributed by atoms with van der Waals surface area (Å²) in [6, 6.07) is 5.66. The van der Waals surface area contributed by atoms with Crippen molar-refractivity contribution < 1.29 is 28.3 Å². The standard InChI is InChI=1S/C22H23NO6S/c1-6-27-21(25)16-13(5)18(22(26)28-7-2)30-20(16)23-19(24)17-12(4)14-10-11(3)8-9-15(14)29-17/h8-10H,6-7H2,1-5H3,(H,23,24). The monoisotopic (exact) mass is 429 g/mol. The second-order valence-electron chi connectivity index (χ2n) is 6.71. The summed E-state index contributed by atoms with van der Waals surface area (Å²) < 4.78 is 15.9. The van der Waals surface area contributed by atoms with Crippen LogP contribution in [0.5, 0.6) is 0 Å². The van der Waals surface area contributed by atoms with Gasteiger partial charge in [-0.25, -0.2) is 9.59 Å². The number of esters is 2. The molecule has 30 heavy (non-hydrogen) atoms. The molecule has 0 atom stereocenters. The highest BCUT2D eigenvalue weighted by Gasteiger charge is 2.28. The minimum Gasteiger partial charge on any atom is -0.462 e. The third-order valence-electron chi connectivity index (χ3n) is 4.61. The van der Waals surface area contributed by atoms with Crippen LogP contribution in [0.25, 0.3) is 11.0 Å². The fourth-order valence-electron chi connectivity index (χ4n) is 3.15. The van der Waals surface area contributed by atoms with Crippen LogP contribution in [-0.4, -0.2) is 31.1 Å². The van der Waals surface area contributed by atoms with Crippen molar-refractivity contribution in [1.29, 1.82) is 0 Å². The molecule has 0 radical (unpaired) electrons. The average Bonchev–Trinajstić information content (AvgIpc) is 3.19. The molecular weight excluding hydrogens is 406 g/mol. The van der Waals surface area contributed by atoms with E-state index in [9.17, 15) is 14.4 Å². The first-order chi connectivity index (χ1) is 14.3. The van der Waals surface area contributed by atoms with E-state index in [1.165, 1.54) is 0 Å². The predicted octanol–water partition coefficient (Wildman–Crippen LogP) is 5.03. The maximum atomic E-state index is 13.0. The lowest BCUT2D eigenvalue weighted by Crippen LogP contribution is -2.15. The molecule has 0 bridgehead atoms. The molecule has 8 heteroatoms. The number of carbonyl (C=O) groups excluding carboxylic acids is 3. The SMILES string of the molecule is CCOC(=O)c1sc(NC(=O)c2oc3ccc(C)cc3c2C)c(C(=O)OCC)c1C. The zero-order valence-electron chi connectivity index (χ0n) is 17.5. The lowest BCUT2D eigenvalue weighted by Gasteiger charge is -2.06. The second-order valence-corrected chi connectivity index (χ2v) is 7.73. The molecule has 3 aromatic rings. The molecule has 0 aliphatic carbocycles. The molecule has 2 heterocycles.